The fourth-order valence-corrected chi connectivity index (χ4v) is 4.45. The van der Waals surface area contributed by atoms with Crippen molar-refractivity contribution < 1.29 is 23.8 Å². The predicted octanol–water partition coefficient (Wildman–Crippen LogP) is 3.57. The van der Waals surface area contributed by atoms with Crippen LogP contribution in [0.15, 0.2) is 65.3 Å². The molecular formula is C25H24N2O5. The monoisotopic (exact) mass is 432 g/mol. The zero-order valence-electron chi connectivity index (χ0n) is 17.9. The number of hydrogen-bond acceptors (Lipinski definition) is 5. The smallest absolute Gasteiger partial charge is 0.294 e. The molecule has 0 aliphatic carbocycles. The van der Waals surface area contributed by atoms with Gasteiger partial charge in [0.1, 0.15) is 5.60 Å². The second-order valence-electron chi connectivity index (χ2n) is 8.44. The van der Waals surface area contributed by atoms with Crippen molar-refractivity contribution in [3.63, 3.8) is 0 Å². The van der Waals surface area contributed by atoms with Crippen molar-refractivity contribution in [2.24, 2.45) is 0 Å². The zero-order valence-corrected chi connectivity index (χ0v) is 17.9. The molecular weight excluding hydrogens is 408 g/mol. The lowest BCUT2D eigenvalue weighted by molar-refractivity contribution is -0.184. The van der Waals surface area contributed by atoms with Crippen molar-refractivity contribution in [3.8, 4) is 11.1 Å². The largest absolute Gasteiger partial charge is 0.459 e. The summed E-state index contributed by atoms with van der Waals surface area (Å²) in [4.78, 5) is 28.9. The summed E-state index contributed by atoms with van der Waals surface area (Å²) >= 11 is 0. The van der Waals surface area contributed by atoms with Gasteiger partial charge in [-0.15, -0.1) is 0 Å². The van der Waals surface area contributed by atoms with Crippen LogP contribution in [-0.4, -0.2) is 42.7 Å². The summed E-state index contributed by atoms with van der Waals surface area (Å²) in [5, 5.41) is 10.5. The second kappa shape index (κ2) is 7.62. The van der Waals surface area contributed by atoms with Gasteiger partial charge in [0.15, 0.2) is 5.76 Å². The summed E-state index contributed by atoms with van der Waals surface area (Å²) in [6.07, 6.45) is 1.47. The van der Waals surface area contributed by atoms with Crippen molar-refractivity contribution >= 4 is 23.2 Å². The van der Waals surface area contributed by atoms with Crippen molar-refractivity contribution in [1.82, 2.24) is 0 Å². The molecule has 3 heterocycles. The van der Waals surface area contributed by atoms with E-state index in [-0.39, 0.29) is 23.6 Å². The first-order valence-corrected chi connectivity index (χ1v) is 10.6. The fraction of sp³-hybridized carbons (Fsp3) is 0.280. The number of benzene rings is 2. The van der Waals surface area contributed by atoms with Crippen molar-refractivity contribution in [1.29, 1.82) is 0 Å². The number of amides is 2. The molecule has 2 aliphatic rings. The topological polar surface area (TPSA) is 83.2 Å². The van der Waals surface area contributed by atoms with Crippen LogP contribution in [0.25, 0.3) is 11.1 Å². The number of anilines is 2. The van der Waals surface area contributed by atoms with Gasteiger partial charge in [-0.25, -0.2) is 0 Å². The molecule has 0 saturated carbocycles. The SMILES string of the molecule is CC(=O)N1c2ccc(-c3ccc(C4(O)COC4)cc3)cc2N(C(=O)c2ccco2)C[C@@H]1C. The van der Waals surface area contributed by atoms with Crippen LogP contribution in [-0.2, 0) is 15.1 Å². The minimum atomic E-state index is -0.918. The fourth-order valence-electron chi connectivity index (χ4n) is 4.45. The Labute approximate surface area is 185 Å². The van der Waals surface area contributed by atoms with E-state index in [1.807, 2.05) is 49.4 Å². The molecule has 1 atom stereocenters. The van der Waals surface area contributed by atoms with Gasteiger partial charge in [-0.1, -0.05) is 30.3 Å². The first-order valence-electron chi connectivity index (χ1n) is 10.6. The van der Waals surface area contributed by atoms with Gasteiger partial charge in [-0.3, -0.25) is 9.59 Å². The highest BCUT2D eigenvalue weighted by molar-refractivity contribution is 6.10. The van der Waals surface area contributed by atoms with E-state index in [0.29, 0.717) is 31.1 Å². The highest BCUT2D eigenvalue weighted by Gasteiger charge is 2.38. The van der Waals surface area contributed by atoms with Crippen LogP contribution in [0.3, 0.4) is 0 Å². The van der Waals surface area contributed by atoms with Crippen LogP contribution in [0, 0.1) is 0 Å². The van der Waals surface area contributed by atoms with E-state index >= 15 is 0 Å². The van der Waals surface area contributed by atoms with Gasteiger partial charge in [0.2, 0.25) is 5.91 Å². The third-order valence-corrected chi connectivity index (χ3v) is 6.17. The molecule has 7 heteroatoms. The molecule has 2 aromatic carbocycles. The molecule has 0 unspecified atom stereocenters. The van der Waals surface area contributed by atoms with Gasteiger partial charge in [-0.05, 0) is 47.9 Å². The molecule has 32 heavy (non-hydrogen) atoms. The molecule has 1 aromatic heterocycles. The van der Waals surface area contributed by atoms with E-state index in [1.54, 1.807) is 21.9 Å². The van der Waals surface area contributed by atoms with E-state index in [2.05, 4.69) is 0 Å². The van der Waals surface area contributed by atoms with Gasteiger partial charge in [0.25, 0.3) is 5.91 Å². The highest BCUT2D eigenvalue weighted by atomic mass is 16.5. The molecule has 1 saturated heterocycles. The third kappa shape index (κ3) is 3.30. The maximum atomic E-state index is 13.2. The van der Waals surface area contributed by atoms with Crippen LogP contribution in [0.5, 0.6) is 0 Å². The van der Waals surface area contributed by atoms with Gasteiger partial charge in [0, 0.05) is 13.5 Å². The van der Waals surface area contributed by atoms with Crippen LogP contribution < -0.4 is 9.80 Å². The average Bonchev–Trinajstić information content (AvgIpc) is 3.31. The zero-order chi connectivity index (χ0) is 22.5. The Hall–Kier alpha value is -3.42. The van der Waals surface area contributed by atoms with Gasteiger partial charge in [-0.2, -0.15) is 0 Å². The first kappa shape index (κ1) is 20.5. The number of carbonyl (C=O) groups excluding carboxylic acids is 2. The lowest BCUT2D eigenvalue weighted by atomic mass is 9.90. The standard InChI is InChI=1S/C25H24N2O5/c1-16-13-26(24(29)23-4-3-11-32-23)22-12-19(7-10-21(22)27(16)17(2)28)18-5-8-20(9-6-18)25(30)14-31-15-25/h3-12,16,30H,13-15H2,1-2H3/t16-/m0/s1. The number of fused-ring (bicyclic) bond motifs is 1. The van der Waals surface area contributed by atoms with E-state index in [0.717, 1.165) is 16.7 Å². The predicted molar refractivity (Wildman–Crippen MR) is 120 cm³/mol. The van der Waals surface area contributed by atoms with Crippen molar-refractivity contribution in [2.45, 2.75) is 25.5 Å². The Morgan fingerprint density at radius 3 is 2.34 bits per heavy atom. The minimum absolute atomic E-state index is 0.0723. The lowest BCUT2D eigenvalue weighted by Gasteiger charge is -2.40. The quantitative estimate of drug-likeness (QED) is 0.684. The van der Waals surface area contributed by atoms with Crippen LogP contribution in [0.2, 0.25) is 0 Å². The molecule has 164 valence electrons. The van der Waals surface area contributed by atoms with E-state index in [9.17, 15) is 14.7 Å². The van der Waals surface area contributed by atoms with Crippen LogP contribution >= 0.6 is 0 Å². The molecule has 1 N–H and O–H groups in total. The summed E-state index contributed by atoms with van der Waals surface area (Å²) in [5.74, 6) is -0.0620. The Morgan fingerprint density at radius 1 is 1.03 bits per heavy atom. The van der Waals surface area contributed by atoms with E-state index < -0.39 is 5.60 Å². The van der Waals surface area contributed by atoms with E-state index in [1.165, 1.54) is 13.2 Å². The molecule has 0 spiro atoms. The average molecular weight is 432 g/mol. The van der Waals surface area contributed by atoms with Gasteiger partial charge < -0.3 is 24.1 Å². The summed E-state index contributed by atoms with van der Waals surface area (Å²) in [6, 6.07) is 16.6. The number of aliphatic hydroxyl groups is 1. The van der Waals surface area contributed by atoms with Crippen LogP contribution in [0.4, 0.5) is 11.4 Å². The summed E-state index contributed by atoms with van der Waals surface area (Å²) < 4.78 is 10.5. The Kier molecular flexibility index (Phi) is 4.87. The van der Waals surface area contributed by atoms with Crippen LogP contribution in [0.1, 0.15) is 30.0 Å². The van der Waals surface area contributed by atoms with Crippen molar-refractivity contribution in [3.05, 3.63) is 72.2 Å². The van der Waals surface area contributed by atoms with Gasteiger partial charge >= 0.3 is 0 Å². The normalized spacial score (nSPS) is 19.3. The molecule has 7 nitrogen and oxygen atoms in total. The molecule has 2 aliphatic heterocycles. The maximum absolute atomic E-state index is 13.2. The molecule has 2 amide bonds. The molecule has 3 aromatic rings. The maximum Gasteiger partial charge on any atom is 0.294 e. The number of ether oxygens (including phenoxy) is 1. The summed E-state index contributed by atoms with van der Waals surface area (Å²) in [7, 11) is 0. The number of furan rings is 1. The minimum Gasteiger partial charge on any atom is -0.459 e. The Bertz CT molecular complexity index is 1170. The van der Waals surface area contributed by atoms with Crippen molar-refractivity contribution in [2.75, 3.05) is 29.6 Å². The number of nitrogens with zero attached hydrogens (tertiary/aromatic N) is 2. The number of carbonyl (C=O) groups is 2. The van der Waals surface area contributed by atoms with E-state index in [4.69, 9.17) is 9.15 Å². The Balaban J connectivity index is 1.55. The molecule has 5 rings (SSSR count). The third-order valence-electron chi connectivity index (χ3n) is 6.17. The van der Waals surface area contributed by atoms with Gasteiger partial charge in [0.05, 0.1) is 36.9 Å². The number of hydrogen-bond donors (Lipinski definition) is 1. The Morgan fingerprint density at radius 2 is 1.75 bits per heavy atom. The molecule has 0 radical (unpaired) electrons. The summed E-state index contributed by atoms with van der Waals surface area (Å²) in [5.41, 5.74) is 3.10. The molecule has 1 fully saturated rings. The first-order chi connectivity index (χ1) is 15.4. The summed E-state index contributed by atoms with van der Waals surface area (Å²) in [6.45, 7) is 4.42. The second-order valence-corrected chi connectivity index (χ2v) is 8.44. The highest BCUT2D eigenvalue weighted by Crippen LogP contribution is 2.40. The lowest BCUT2D eigenvalue weighted by Crippen LogP contribution is -2.51. The molecule has 0 bridgehead atoms. The number of rotatable bonds is 3.